The van der Waals surface area contributed by atoms with Gasteiger partial charge >= 0.3 is 0 Å². The van der Waals surface area contributed by atoms with Crippen LogP contribution in [0.1, 0.15) is 17.4 Å². The second kappa shape index (κ2) is 4.27. The molecule has 1 aliphatic heterocycles. The van der Waals surface area contributed by atoms with Crippen molar-refractivity contribution in [2.45, 2.75) is 12.5 Å². The lowest BCUT2D eigenvalue weighted by molar-refractivity contribution is 0.00843. The normalized spacial score (nSPS) is 15.8. The Balaban J connectivity index is 1.83. The molecule has 1 fully saturated rings. The van der Waals surface area contributed by atoms with Gasteiger partial charge in [0, 0.05) is 11.5 Å². The van der Waals surface area contributed by atoms with E-state index in [2.05, 4.69) is 22.3 Å². The highest BCUT2D eigenvalue weighted by Gasteiger charge is 2.20. The summed E-state index contributed by atoms with van der Waals surface area (Å²) in [5.41, 5.74) is 7.66. The van der Waals surface area contributed by atoms with Crippen LogP contribution in [-0.4, -0.2) is 23.4 Å². The molecular weight excluding hydrogens is 218 g/mol. The first kappa shape index (κ1) is 10.4. The average Bonchev–Trinajstić information content (AvgIpc) is 2.76. The number of nitrogens with zero attached hydrogens (tertiary/aromatic N) is 2. The summed E-state index contributed by atoms with van der Waals surface area (Å²) in [4.78, 5) is 4.18. The highest BCUT2D eigenvalue weighted by atomic mass is 16.5. The molecule has 1 aromatic heterocycles. The van der Waals surface area contributed by atoms with Crippen LogP contribution in [0.3, 0.4) is 0 Å². The van der Waals surface area contributed by atoms with Crippen LogP contribution in [0.2, 0.25) is 0 Å². The van der Waals surface area contributed by atoms with E-state index in [1.165, 1.54) is 5.56 Å². The molecule has 0 unspecified atom stereocenters. The minimum Gasteiger partial charge on any atom is -0.380 e. The standard InChI is InChI=1S/C12H13N3O2/c13-5-11-14-12(15-17-11)9-3-1-8(2-4-9)10-6-16-7-10/h1-4,10H,5-7,13H2. The van der Waals surface area contributed by atoms with Gasteiger partial charge in [0.2, 0.25) is 11.7 Å². The third kappa shape index (κ3) is 1.94. The van der Waals surface area contributed by atoms with E-state index in [1.54, 1.807) is 0 Å². The Morgan fingerprint density at radius 1 is 1.24 bits per heavy atom. The molecule has 17 heavy (non-hydrogen) atoms. The minimum atomic E-state index is 0.268. The Morgan fingerprint density at radius 3 is 2.53 bits per heavy atom. The molecule has 88 valence electrons. The van der Waals surface area contributed by atoms with E-state index in [4.69, 9.17) is 15.0 Å². The first-order chi connectivity index (χ1) is 8.36. The molecule has 2 aromatic rings. The maximum absolute atomic E-state index is 5.42. The van der Waals surface area contributed by atoms with Crippen molar-refractivity contribution < 1.29 is 9.26 Å². The number of aromatic nitrogens is 2. The van der Waals surface area contributed by atoms with Crippen LogP contribution in [0.5, 0.6) is 0 Å². The lowest BCUT2D eigenvalue weighted by Crippen LogP contribution is -2.24. The van der Waals surface area contributed by atoms with Gasteiger partial charge in [-0.2, -0.15) is 4.98 Å². The van der Waals surface area contributed by atoms with Crippen molar-refractivity contribution in [3.63, 3.8) is 0 Å². The average molecular weight is 231 g/mol. The van der Waals surface area contributed by atoms with Crippen molar-refractivity contribution in [3.8, 4) is 11.4 Å². The van der Waals surface area contributed by atoms with Crippen LogP contribution >= 0.6 is 0 Å². The largest absolute Gasteiger partial charge is 0.380 e. The van der Waals surface area contributed by atoms with Crippen LogP contribution in [0.25, 0.3) is 11.4 Å². The van der Waals surface area contributed by atoms with Gasteiger partial charge in [0.05, 0.1) is 19.8 Å². The molecule has 0 saturated carbocycles. The van der Waals surface area contributed by atoms with Gasteiger partial charge in [0.15, 0.2) is 0 Å². The van der Waals surface area contributed by atoms with Gasteiger partial charge < -0.3 is 15.0 Å². The van der Waals surface area contributed by atoms with Crippen molar-refractivity contribution >= 4 is 0 Å². The first-order valence-corrected chi connectivity index (χ1v) is 5.57. The molecule has 0 atom stereocenters. The summed E-state index contributed by atoms with van der Waals surface area (Å²) in [5, 5.41) is 3.88. The fraction of sp³-hybridized carbons (Fsp3) is 0.333. The Labute approximate surface area is 98.6 Å². The highest BCUT2D eigenvalue weighted by Crippen LogP contribution is 2.26. The zero-order valence-corrected chi connectivity index (χ0v) is 9.30. The van der Waals surface area contributed by atoms with E-state index in [1.807, 2.05) is 12.1 Å². The van der Waals surface area contributed by atoms with Gasteiger partial charge in [-0.05, 0) is 5.56 Å². The summed E-state index contributed by atoms with van der Waals surface area (Å²) in [7, 11) is 0. The Kier molecular flexibility index (Phi) is 2.62. The Morgan fingerprint density at radius 2 is 2.00 bits per heavy atom. The maximum Gasteiger partial charge on any atom is 0.240 e. The van der Waals surface area contributed by atoms with Crippen molar-refractivity contribution in [1.82, 2.24) is 10.1 Å². The Hall–Kier alpha value is -1.72. The molecule has 0 bridgehead atoms. The molecule has 2 heterocycles. The second-order valence-corrected chi connectivity index (χ2v) is 4.07. The molecular formula is C12H13N3O2. The van der Waals surface area contributed by atoms with Crippen LogP contribution < -0.4 is 5.73 Å². The molecule has 1 saturated heterocycles. The molecule has 2 N–H and O–H groups in total. The molecule has 0 spiro atoms. The van der Waals surface area contributed by atoms with Crippen LogP contribution in [0, 0.1) is 0 Å². The van der Waals surface area contributed by atoms with Crippen molar-refractivity contribution in [2.24, 2.45) is 5.73 Å². The maximum atomic E-state index is 5.42. The molecule has 0 radical (unpaired) electrons. The predicted molar refractivity (Wildman–Crippen MR) is 61.2 cm³/mol. The zero-order chi connectivity index (χ0) is 11.7. The lowest BCUT2D eigenvalue weighted by atomic mass is 9.96. The molecule has 0 amide bonds. The van der Waals surface area contributed by atoms with Gasteiger partial charge in [0.1, 0.15) is 0 Å². The first-order valence-electron chi connectivity index (χ1n) is 5.57. The molecule has 3 rings (SSSR count). The molecule has 5 heteroatoms. The van der Waals surface area contributed by atoms with Gasteiger partial charge in [-0.25, -0.2) is 0 Å². The topological polar surface area (TPSA) is 74.2 Å². The summed E-state index contributed by atoms with van der Waals surface area (Å²) >= 11 is 0. The third-order valence-corrected chi connectivity index (χ3v) is 2.92. The number of benzene rings is 1. The zero-order valence-electron chi connectivity index (χ0n) is 9.30. The predicted octanol–water partition coefficient (Wildman–Crippen LogP) is 1.31. The number of hydrogen-bond donors (Lipinski definition) is 1. The van der Waals surface area contributed by atoms with E-state index in [-0.39, 0.29) is 6.54 Å². The van der Waals surface area contributed by atoms with Crippen molar-refractivity contribution in [1.29, 1.82) is 0 Å². The van der Waals surface area contributed by atoms with Gasteiger partial charge in [-0.15, -0.1) is 0 Å². The van der Waals surface area contributed by atoms with E-state index in [0.717, 1.165) is 18.8 Å². The second-order valence-electron chi connectivity index (χ2n) is 4.07. The highest BCUT2D eigenvalue weighted by molar-refractivity contribution is 5.54. The van der Waals surface area contributed by atoms with Crippen LogP contribution in [-0.2, 0) is 11.3 Å². The van der Waals surface area contributed by atoms with Crippen molar-refractivity contribution in [3.05, 3.63) is 35.7 Å². The molecule has 0 aliphatic carbocycles. The summed E-state index contributed by atoms with van der Waals surface area (Å²) in [5.74, 6) is 1.58. The van der Waals surface area contributed by atoms with Gasteiger partial charge in [0.25, 0.3) is 0 Å². The summed E-state index contributed by atoms with van der Waals surface area (Å²) < 4.78 is 10.1. The summed E-state index contributed by atoms with van der Waals surface area (Å²) in [6.45, 7) is 1.91. The number of ether oxygens (including phenoxy) is 1. The van der Waals surface area contributed by atoms with E-state index in [0.29, 0.717) is 17.6 Å². The van der Waals surface area contributed by atoms with E-state index < -0.39 is 0 Å². The summed E-state index contributed by atoms with van der Waals surface area (Å²) in [6, 6.07) is 8.17. The third-order valence-electron chi connectivity index (χ3n) is 2.92. The molecule has 5 nitrogen and oxygen atoms in total. The van der Waals surface area contributed by atoms with Crippen LogP contribution in [0.4, 0.5) is 0 Å². The monoisotopic (exact) mass is 231 g/mol. The van der Waals surface area contributed by atoms with Crippen LogP contribution in [0.15, 0.2) is 28.8 Å². The van der Waals surface area contributed by atoms with E-state index >= 15 is 0 Å². The minimum absolute atomic E-state index is 0.268. The fourth-order valence-corrected chi connectivity index (χ4v) is 1.79. The van der Waals surface area contributed by atoms with Crippen molar-refractivity contribution in [2.75, 3.05) is 13.2 Å². The van der Waals surface area contributed by atoms with Gasteiger partial charge in [-0.3, -0.25) is 0 Å². The van der Waals surface area contributed by atoms with E-state index in [9.17, 15) is 0 Å². The Bertz CT molecular complexity index is 503. The molecule has 1 aliphatic rings. The quantitative estimate of drug-likeness (QED) is 0.862. The lowest BCUT2D eigenvalue weighted by Gasteiger charge is -2.26. The summed E-state index contributed by atoms with van der Waals surface area (Å²) in [6.07, 6.45) is 0. The van der Waals surface area contributed by atoms with Gasteiger partial charge in [-0.1, -0.05) is 29.4 Å². The number of hydrogen-bond acceptors (Lipinski definition) is 5. The smallest absolute Gasteiger partial charge is 0.240 e. The fourth-order valence-electron chi connectivity index (χ4n) is 1.79. The molecule has 1 aromatic carbocycles. The number of rotatable bonds is 3. The number of nitrogens with two attached hydrogens (primary N) is 1. The SMILES string of the molecule is NCc1nc(-c2ccc(C3COC3)cc2)no1.